The molecule has 0 unspecified atom stereocenters. The molecule has 1 saturated carbocycles. The molecule has 0 radical (unpaired) electrons. The van der Waals surface area contributed by atoms with Gasteiger partial charge in [0.15, 0.2) is 0 Å². The molecule has 1 fully saturated rings. The molecule has 1 aliphatic carbocycles. The van der Waals surface area contributed by atoms with Crippen molar-refractivity contribution in [3.63, 3.8) is 0 Å². The molecule has 2 nitrogen and oxygen atoms in total. The smallest absolute Gasteiger partial charge is 0.105 e. The Bertz CT molecular complexity index is 486. The topological polar surface area (TPSA) is 25.2 Å². The third kappa shape index (κ3) is 2.82. The SMILES string of the molecule is c1coc(CCNCc2ccccc2C2CC2)c1. The van der Waals surface area contributed by atoms with Crippen molar-refractivity contribution in [3.8, 4) is 0 Å². The van der Waals surface area contributed by atoms with Crippen molar-refractivity contribution in [2.75, 3.05) is 6.54 Å². The lowest BCUT2D eigenvalue weighted by Gasteiger charge is -2.09. The summed E-state index contributed by atoms with van der Waals surface area (Å²) in [6, 6.07) is 12.8. The summed E-state index contributed by atoms with van der Waals surface area (Å²) < 4.78 is 5.32. The van der Waals surface area contributed by atoms with Gasteiger partial charge in [0.2, 0.25) is 0 Å². The first-order valence-electron chi connectivity index (χ1n) is 6.74. The summed E-state index contributed by atoms with van der Waals surface area (Å²) in [5.41, 5.74) is 3.00. The van der Waals surface area contributed by atoms with Gasteiger partial charge in [0.05, 0.1) is 6.26 Å². The fraction of sp³-hybridized carbons (Fsp3) is 0.375. The lowest BCUT2D eigenvalue weighted by Crippen LogP contribution is -2.17. The zero-order valence-electron chi connectivity index (χ0n) is 10.6. The summed E-state index contributed by atoms with van der Waals surface area (Å²) in [5, 5.41) is 3.50. The standard InChI is InChI=1S/C16H19NO/c1-2-6-16(13-7-8-13)14(4-1)12-17-10-9-15-5-3-11-18-15/h1-6,11,13,17H,7-10,12H2. The molecule has 2 heteroatoms. The number of nitrogens with one attached hydrogen (secondary N) is 1. The third-order valence-electron chi connectivity index (χ3n) is 3.52. The minimum absolute atomic E-state index is 0.827. The zero-order chi connectivity index (χ0) is 12.2. The van der Waals surface area contributed by atoms with E-state index in [1.165, 1.54) is 18.4 Å². The second-order valence-electron chi connectivity index (χ2n) is 4.98. The molecule has 18 heavy (non-hydrogen) atoms. The van der Waals surface area contributed by atoms with Crippen LogP contribution in [-0.2, 0) is 13.0 Å². The molecule has 0 atom stereocenters. The highest BCUT2D eigenvalue weighted by Crippen LogP contribution is 2.41. The van der Waals surface area contributed by atoms with Crippen molar-refractivity contribution in [2.24, 2.45) is 0 Å². The Morgan fingerprint density at radius 3 is 2.78 bits per heavy atom. The van der Waals surface area contributed by atoms with Gasteiger partial charge in [0.1, 0.15) is 5.76 Å². The molecule has 1 N–H and O–H groups in total. The highest BCUT2D eigenvalue weighted by Gasteiger charge is 2.25. The molecule has 0 amide bonds. The maximum absolute atomic E-state index is 5.32. The van der Waals surface area contributed by atoms with E-state index in [0.29, 0.717) is 0 Å². The van der Waals surface area contributed by atoms with Gasteiger partial charge in [-0.05, 0) is 42.0 Å². The molecule has 3 rings (SSSR count). The average Bonchev–Trinajstić information content (AvgIpc) is 3.12. The van der Waals surface area contributed by atoms with Crippen LogP contribution < -0.4 is 5.32 Å². The summed E-state index contributed by atoms with van der Waals surface area (Å²) in [5.74, 6) is 1.88. The van der Waals surface area contributed by atoms with Crippen LogP contribution in [0.2, 0.25) is 0 Å². The summed E-state index contributed by atoms with van der Waals surface area (Å²) in [4.78, 5) is 0. The van der Waals surface area contributed by atoms with Crippen LogP contribution in [0.15, 0.2) is 47.1 Å². The van der Waals surface area contributed by atoms with E-state index in [1.807, 2.05) is 12.1 Å². The predicted molar refractivity (Wildman–Crippen MR) is 72.5 cm³/mol. The Balaban J connectivity index is 1.50. The van der Waals surface area contributed by atoms with Gasteiger partial charge in [-0.2, -0.15) is 0 Å². The van der Waals surface area contributed by atoms with Crippen molar-refractivity contribution in [2.45, 2.75) is 31.7 Å². The van der Waals surface area contributed by atoms with E-state index in [1.54, 1.807) is 11.8 Å². The van der Waals surface area contributed by atoms with Gasteiger partial charge in [0, 0.05) is 19.5 Å². The summed E-state index contributed by atoms with van der Waals surface area (Å²) in [6.07, 6.45) is 5.42. The van der Waals surface area contributed by atoms with E-state index in [4.69, 9.17) is 4.42 Å². The van der Waals surface area contributed by atoms with Crippen LogP contribution in [-0.4, -0.2) is 6.54 Å². The first-order valence-corrected chi connectivity index (χ1v) is 6.74. The van der Waals surface area contributed by atoms with Gasteiger partial charge in [0.25, 0.3) is 0 Å². The molecular formula is C16H19NO. The van der Waals surface area contributed by atoms with Crippen LogP contribution >= 0.6 is 0 Å². The third-order valence-corrected chi connectivity index (χ3v) is 3.52. The van der Waals surface area contributed by atoms with Gasteiger partial charge in [-0.1, -0.05) is 24.3 Å². The Morgan fingerprint density at radius 1 is 1.11 bits per heavy atom. The fourth-order valence-electron chi connectivity index (χ4n) is 2.38. The number of benzene rings is 1. The zero-order valence-corrected chi connectivity index (χ0v) is 10.6. The molecular weight excluding hydrogens is 222 g/mol. The minimum atomic E-state index is 0.827. The number of furan rings is 1. The monoisotopic (exact) mass is 241 g/mol. The number of hydrogen-bond donors (Lipinski definition) is 1. The first kappa shape index (κ1) is 11.5. The van der Waals surface area contributed by atoms with Gasteiger partial charge < -0.3 is 9.73 Å². The van der Waals surface area contributed by atoms with Gasteiger partial charge in [-0.3, -0.25) is 0 Å². The Hall–Kier alpha value is -1.54. The molecule has 0 aliphatic heterocycles. The molecule has 0 bridgehead atoms. The molecule has 1 aliphatic rings. The highest BCUT2D eigenvalue weighted by atomic mass is 16.3. The summed E-state index contributed by atoms with van der Waals surface area (Å²) in [6.45, 7) is 1.93. The van der Waals surface area contributed by atoms with E-state index >= 15 is 0 Å². The fourth-order valence-corrected chi connectivity index (χ4v) is 2.38. The van der Waals surface area contributed by atoms with Crippen LogP contribution in [0.3, 0.4) is 0 Å². The molecule has 2 aromatic rings. The number of hydrogen-bond acceptors (Lipinski definition) is 2. The van der Waals surface area contributed by atoms with E-state index < -0.39 is 0 Å². The van der Waals surface area contributed by atoms with Crippen molar-refractivity contribution in [1.82, 2.24) is 5.32 Å². The molecule has 1 aromatic carbocycles. The molecule has 0 spiro atoms. The van der Waals surface area contributed by atoms with Crippen LogP contribution in [0.1, 0.15) is 35.6 Å². The molecule has 94 valence electrons. The van der Waals surface area contributed by atoms with Crippen molar-refractivity contribution >= 4 is 0 Å². The van der Waals surface area contributed by atoms with E-state index in [9.17, 15) is 0 Å². The Kier molecular flexibility index (Phi) is 3.47. The Labute approximate surface area is 108 Å². The lowest BCUT2D eigenvalue weighted by molar-refractivity contribution is 0.498. The van der Waals surface area contributed by atoms with Crippen molar-refractivity contribution in [1.29, 1.82) is 0 Å². The van der Waals surface area contributed by atoms with Crippen LogP contribution in [0, 0.1) is 0 Å². The summed E-state index contributed by atoms with van der Waals surface area (Å²) >= 11 is 0. The molecule has 0 saturated heterocycles. The highest BCUT2D eigenvalue weighted by molar-refractivity contribution is 5.33. The second kappa shape index (κ2) is 5.40. The maximum Gasteiger partial charge on any atom is 0.105 e. The van der Waals surface area contributed by atoms with E-state index in [2.05, 4.69) is 29.6 Å². The minimum Gasteiger partial charge on any atom is -0.469 e. The van der Waals surface area contributed by atoms with Crippen molar-refractivity contribution in [3.05, 3.63) is 59.5 Å². The van der Waals surface area contributed by atoms with Crippen LogP contribution in [0.25, 0.3) is 0 Å². The molecule has 1 heterocycles. The first-order chi connectivity index (χ1) is 8.93. The van der Waals surface area contributed by atoms with Gasteiger partial charge in [-0.15, -0.1) is 0 Å². The number of rotatable bonds is 6. The Morgan fingerprint density at radius 2 is 2.00 bits per heavy atom. The van der Waals surface area contributed by atoms with E-state index in [0.717, 1.165) is 31.2 Å². The normalized spacial score (nSPS) is 14.9. The quantitative estimate of drug-likeness (QED) is 0.783. The lowest BCUT2D eigenvalue weighted by atomic mass is 10.0. The van der Waals surface area contributed by atoms with Gasteiger partial charge in [-0.25, -0.2) is 0 Å². The second-order valence-corrected chi connectivity index (χ2v) is 4.98. The van der Waals surface area contributed by atoms with Crippen molar-refractivity contribution < 1.29 is 4.42 Å². The van der Waals surface area contributed by atoms with Gasteiger partial charge >= 0.3 is 0 Å². The predicted octanol–water partition coefficient (Wildman–Crippen LogP) is 3.49. The summed E-state index contributed by atoms with van der Waals surface area (Å²) in [7, 11) is 0. The van der Waals surface area contributed by atoms with Crippen LogP contribution in [0.4, 0.5) is 0 Å². The molecule has 1 aromatic heterocycles. The van der Waals surface area contributed by atoms with E-state index in [-0.39, 0.29) is 0 Å². The average molecular weight is 241 g/mol. The largest absolute Gasteiger partial charge is 0.469 e. The van der Waals surface area contributed by atoms with Crippen LogP contribution in [0.5, 0.6) is 0 Å². The maximum atomic E-state index is 5.32.